The van der Waals surface area contributed by atoms with E-state index in [0.717, 1.165) is 23.8 Å². The van der Waals surface area contributed by atoms with Crippen LogP contribution < -0.4 is 15.1 Å². The van der Waals surface area contributed by atoms with E-state index in [1.165, 1.54) is 30.9 Å². The fraction of sp³-hybridized carbons (Fsp3) is 0.636. The minimum atomic E-state index is -3.15. The van der Waals surface area contributed by atoms with Gasteiger partial charge in [0.1, 0.15) is 5.75 Å². The third kappa shape index (κ3) is 6.34. The van der Waals surface area contributed by atoms with E-state index in [0.29, 0.717) is 35.5 Å². The Morgan fingerprint density at radius 3 is 1.65 bits per heavy atom. The largest absolute Gasteiger partial charge is 0.497 e. The molecule has 0 aliphatic heterocycles. The Balaban J connectivity index is 1.89. The number of hydrogen-bond donors (Lipinski definition) is 0. The van der Waals surface area contributed by atoms with Gasteiger partial charge in [0.05, 0.1) is 19.3 Å². The summed E-state index contributed by atoms with van der Waals surface area (Å²) in [6, 6.07) is 19.4. The molecule has 2 fully saturated rings. The second-order valence-electron chi connectivity index (χ2n) is 12.6. The molecular weight excluding hydrogens is 472 g/mol. The van der Waals surface area contributed by atoms with Crippen molar-refractivity contribution >= 4 is 18.9 Å². The van der Waals surface area contributed by atoms with Crippen LogP contribution in [0.15, 0.2) is 54.6 Å². The maximum atomic E-state index is 7.64. The molecule has 37 heavy (non-hydrogen) atoms. The van der Waals surface area contributed by atoms with Crippen molar-refractivity contribution in [1.29, 1.82) is 0 Å². The summed E-state index contributed by atoms with van der Waals surface area (Å²) in [7, 11) is -1.37. The number of para-hydroxylation sites is 1. The second kappa shape index (κ2) is 12.5. The van der Waals surface area contributed by atoms with Crippen LogP contribution in [0.4, 0.5) is 0 Å². The zero-order chi connectivity index (χ0) is 26.6. The summed E-state index contributed by atoms with van der Waals surface area (Å²) in [6.45, 7) is 14.2. The van der Waals surface area contributed by atoms with Crippen LogP contribution in [0, 0.1) is 35.5 Å². The van der Waals surface area contributed by atoms with Crippen molar-refractivity contribution in [2.45, 2.75) is 92.3 Å². The SMILES string of the molecule is COc1ccccc1[Si](O[C@H]1C[C@@H](C)CC[C@@H]1C(C)C)(O[C@H]1C[C@@H](C)CC[C@@H]1C(C)C)c1ccccc1. The minimum absolute atomic E-state index is 0.180. The van der Waals surface area contributed by atoms with Crippen molar-refractivity contribution in [1.82, 2.24) is 0 Å². The molecule has 2 aliphatic rings. The third-order valence-electron chi connectivity index (χ3n) is 9.17. The van der Waals surface area contributed by atoms with Crippen LogP contribution in [-0.2, 0) is 8.85 Å². The molecule has 2 aromatic rings. The summed E-state index contributed by atoms with van der Waals surface area (Å²) in [5.41, 5.74) is 0. The van der Waals surface area contributed by atoms with Gasteiger partial charge < -0.3 is 13.6 Å². The van der Waals surface area contributed by atoms with Gasteiger partial charge in [0.2, 0.25) is 0 Å². The predicted molar refractivity (Wildman–Crippen MR) is 157 cm³/mol. The number of ether oxygens (including phenoxy) is 1. The van der Waals surface area contributed by atoms with Gasteiger partial charge >= 0.3 is 8.56 Å². The molecule has 4 heteroatoms. The molecule has 204 valence electrons. The van der Waals surface area contributed by atoms with Crippen LogP contribution in [0.2, 0.25) is 0 Å². The molecule has 2 aromatic carbocycles. The Labute approximate surface area is 227 Å². The molecule has 0 N–H and O–H groups in total. The fourth-order valence-electron chi connectivity index (χ4n) is 6.95. The van der Waals surface area contributed by atoms with E-state index < -0.39 is 8.56 Å². The molecule has 6 atom stereocenters. The molecule has 0 heterocycles. The number of benzene rings is 2. The summed E-state index contributed by atoms with van der Waals surface area (Å²) >= 11 is 0. The summed E-state index contributed by atoms with van der Waals surface area (Å²) in [5.74, 6) is 4.45. The summed E-state index contributed by atoms with van der Waals surface area (Å²) in [4.78, 5) is 0. The Morgan fingerprint density at radius 1 is 0.676 bits per heavy atom. The average Bonchev–Trinajstić information content (AvgIpc) is 2.88. The van der Waals surface area contributed by atoms with Gasteiger partial charge in [-0.2, -0.15) is 0 Å². The van der Waals surface area contributed by atoms with Crippen LogP contribution >= 0.6 is 0 Å². The van der Waals surface area contributed by atoms with Crippen molar-refractivity contribution in [3.05, 3.63) is 54.6 Å². The molecular formula is C33H50O3Si. The lowest BCUT2D eigenvalue weighted by Crippen LogP contribution is -2.68. The van der Waals surface area contributed by atoms with Crippen molar-refractivity contribution in [3.63, 3.8) is 0 Å². The highest BCUT2D eigenvalue weighted by atomic mass is 28.4. The van der Waals surface area contributed by atoms with Gasteiger partial charge in [-0.25, -0.2) is 0 Å². The van der Waals surface area contributed by atoms with Gasteiger partial charge in [-0.3, -0.25) is 0 Å². The summed E-state index contributed by atoms with van der Waals surface area (Å²) < 4.78 is 21.3. The van der Waals surface area contributed by atoms with E-state index >= 15 is 0 Å². The Hall–Kier alpha value is -1.62. The molecule has 4 rings (SSSR count). The Bertz CT molecular complexity index is 941. The maximum Gasteiger partial charge on any atom is 0.411 e. The van der Waals surface area contributed by atoms with Crippen molar-refractivity contribution in [2.75, 3.05) is 7.11 Å². The molecule has 0 saturated heterocycles. The summed E-state index contributed by atoms with van der Waals surface area (Å²) in [6.07, 6.45) is 7.57. The lowest BCUT2D eigenvalue weighted by Gasteiger charge is -2.47. The minimum Gasteiger partial charge on any atom is -0.497 e. The Kier molecular flexibility index (Phi) is 9.58. The molecule has 0 unspecified atom stereocenters. The van der Waals surface area contributed by atoms with Crippen molar-refractivity contribution in [3.8, 4) is 5.75 Å². The van der Waals surface area contributed by atoms with E-state index in [2.05, 4.69) is 96.1 Å². The first-order valence-corrected chi connectivity index (χ1v) is 16.6. The lowest BCUT2D eigenvalue weighted by atomic mass is 9.75. The molecule has 2 saturated carbocycles. The number of hydrogen-bond acceptors (Lipinski definition) is 3. The van der Waals surface area contributed by atoms with Gasteiger partial charge in [-0.15, -0.1) is 0 Å². The van der Waals surface area contributed by atoms with Crippen LogP contribution in [0.3, 0.4) is 0 Å². The first kappa shape index (κ1) is 28.4. The fourth-order valence-corrected chi connectivity index (χ4v) is 10.7. The van der Waals surface area contributed by atoms with E-state index in [4.69, 9.17) is 13.6 Å². The first-order chi connectivity index (χ1) is 17.7. The first-order valence-electron chi connectivity index (χ1n) is 14.8. The Morgan fingerprint density at radius 2 is 1.16 bits per heavy atom. The van der Waals surface area contributed by atoms with Crippen LogP contribution in [0.1, 0.15) is 80.1 Å². The monoisotopic (exact) mass is 522 g/mol. The van der Waals surface area contributed by atoms with E-state index in [9.17, 15) is 0 Å². The zero-order valence-electron chi connectivity index (χ0n) is 24.3. The van der Waals surface area contributed by atoms with Gasteiger partial charge in [0, 0.05) is 5.19 Å². The van der Waals surface area contributed by atoms with Crippen LogP contribution in [-0.4, -0.2) is 27.9 Å². The number of methoxy groups -OCH3 is 1. The maximum absolute atomic E-state index is 7.64. The second-order valence-corrected chi connectivity index (χ2v) is 15.5. The highest BCUT2D eigenvalue weighted by Crippen LogP contribution is 2.40. The smallest absolute Gasteiger partial charge is 0.411 e. The molecule has 0 spiro atoms. The predicted octanol–water partition coefficient (Wildman–Crippen LogP) is 7.21. The molecule has 0 bridgehead atoms. The zero-order valence-corrected chi connectivity index (χ0v) is 25.3. The standard InChI is InChI=1S/C33H50O3Si/c1-23(2)28-19-17-25(5)21-31(28)35-37(27-13-9-8-10-14-27,33-16-12-11-15-30(33)34-7)36-32-22-26(6)18-20-29(32)24(3)4/h8-16,23-26,28-29,31-32H,17-22H2,1-7H3/t25-,26-,28+,29+,31-,32-/m0/s1. The average molecular weight is 523 g/mol. The third-order valence-corrected chi connectivity index (χ3v) is 12.7. The van der Waals surface area contributed by atoms with Gasteiger partial charge in [0.15, 0.2) is 0 Å². The van der Waals surface area contributed by atoms with Gasteiger partial charge in [-0.05, 0) is 72.4 Å². The highest BCUT2D eigenvalue weighted by Gasteiger charge is 2.52. The van der Waals surface area contributed by atoms with Gasteiger partial charge in [-0.1, -0.05) is 103 Å². The molecule has 2 aliphatic carbocycles. The molecule has 0 amide bonds. The highest BCUT2D eigenvalue weighted by molar-refractivity contribution is 6.93. The topological polar surface area (TPSA) is 27.7 Å². The molecule has 0 aromatic heterocycles. The number of rotatable bonds is 9. The van der Waals surface area contributed by atoms with Crippen molar-refractivity contribution in [2.24, 2.45) is 35.5 Å². The normalized spacial score (nSPS) is 29.0. The molecule has 3 nitrogen and oxygen atoms in total. The quantitative estimate of drug-likeness (QED) is 0.326. The summed E-state index contributed by atoms with van der Waals surface area (Å²) in [5, 5.41) is 2.31. The van der Waals surface area contributed by atoms with Crippen LogP contribution in [0.5, 0.6) is 5.75 Å². The lowest BCUT2D eigenvalue weighted by molar-refractivity contribution is -0.0179. The molecule has 0 radical (unpaired) electrons. The van der Waals surface area contributed by atoms with Crippen molar-refractivity contribution < 1.29 is 13.6 Å². The van der Waals surface area contributed by atoms with Gasteiger partial charge in [0.25, 0.3) is 0 Å². The van der Waals surface area contributed by atoms with Crippen LogP contribution in [0.25, 0.3) is 0 Å². The van der Waals surface area contributed by atoms with E-state index in [1.807, 2.05) is 0 Å². The van der Waals surface area contributed by atoms with E-state index in [1.54, 1.807) is 7.11 Å². The van der Waals surface area contributed by atoms with E-state index in [-0.39, 0.29) is 12.2 Å².